The third-order valence-corrected chi connectivity index (χ3v) is 2.38. The first-order valence-electron chi connectivity index (χ1n) is 5.56. The molecule has 6 heteroatoms. The zero-order valence-electron chi connectivity index (χ0n) is 10.8. The van der Waals surface area contributed by atoms with Crippen molar-refractivity contribution >= 4 is 18.3 Å². The van der Waals surface area contributed by atoms with E-state index in [0.717, 1.165) is 12.2 Å². The van der Waals surface area contributed by atoms with Crippen LogP contribution >= 0.6 is 12.4 Å². The molecule has 0 aliphatic rings. The highest BCUT2D eigenvalue weighted by atomic mass is 35.5. The number of halogens is 1. The van der Waals surface area contributed by atoms with E-state index in [9.17, 15) is 4.79 Å². The van der Waals surface area contributed by atoms with Gasteiger partial charge in [-0.15, -0.1) is 12.4 Å². The number of amides is 1. The number of hydrogen-bond acceptors (Lipinski definition) is 3. The van der Waals surface area contributed by atoms with E-state index < -0.39 is 0 Å². The van der Waals surface area contributed by atoms with Crippen LogP contribution in [0.2, 0.25) is 0 Å². The number of nitrogens with zero attached hydrogens (tertiary/aromatic N) is 2. The van der Waals surface area contributed by atoms with Crippen LogP contribution < -0.4 is 10.6 Å². The average molecular weight is 261 g/mol. The van der Waals surface area contributed by atoms with Gasteiger partial charge in [0.25, 0.3) is 5.91 Å². The van der Waals surface area contributed by atoms with Crippen molar-refractivity contribution < 1.29 is 4.79 Å². The third kappa shape index (κ3) is 4.75. The summed E-state index contributed by atoms with van der Waals surface area (Å²) in [4.78, 5) is 11.8. The van der Waals surface area contributed by atoms with Gasteiger partial charge in [-0.1, -0.05) is 6.92 Å². The Morgan fingerprint density at radius 2 is 2.24 bits per heavy atom. The van der Waals surface area contributed by atoms with Crippen molar-refractivity contribution in [3.8, 4) is 0 Å². The van der Waals surface area contributed by atoms with Crippen molar-refractivity contribution in [2.45, 2.75) is 26.8 Å². The van der Waals surface area contributed by atoms with E-state index in [4.69, 9.17) is 0 Å². The minimum Gasteiger partial charge on any atom is -0.350 e. The molecule has 0 bridgehead atoms. The summed E-state index contributed by atoms with van der Waals surface area (Å²) in [6.45, 7) is 7.45. The van der Waals surface area contributed by atoms with Gasteiger partial charge in [0.2, 0.25) is 0 Å². The smallest absolute Gasteiger partial charge is 0.254 e. The van der Waals surface area contributed by atoms with Gasteiger partial charge in [-0.2, -0.15) is 5.10 Å². The van der Waals surface area contributed by atoms with Crippen LogP contribution in [0.5, 0.6) is 0 Å². The van der Waals surface area contributed by atoms with Gasteiger partial charge in [0.15, 0.2) is 0 Å². The van der Waals surface area contributed by atoms with Crippen LogP contribution in [0, 0.1) is 6.92 Å². The average Bonchev–Trinajstić information content (AvgIpc) is 2.55. The van der Waals surface area contributed by atoms with Crippen molar-refractivity contribution in [2.24, 2.45) is 7.05 Å². The molecule has 0 saturated heterocycles. The predicted octanol–water partition coefficient (Wildman–Crippen LogP) is 0.878. The molecule has 17 heavy (non-hydrogen) atoms. The first kappa shape index (κ1) is 15.9. The summed E-state index contributed by atoms with van der Waals surface area (Å²) in [6, 6.07) is 0.283. The molecule has 5 nitrogen and oxygen atoms in total. The van der Waals surface area contributed by atoms with Crippen molar-refractivity contribution in [3.05, 3.63) is 17.5 Å². The minimum atomic E-state index is -0.0599. The summed E-state index contributed by atoms with van der Waals surface area (Å²) < 4.78 is 1.65. The lowest BCUT2D eigenvalue weighted by atomic mass is 10.2. The number of aryl methyl sites for hydroxylation is 2. The normalized spacial score (nSPS) is 11.8. The summed E-state index contributed by atoms with van der Waals surface area (Å²) in [5.41, 5.74) is 1.40. The highest BCUT2D eigenvalue weighted by Crippen LogP contribution is 2.03. The van der Waals surface area contributed by atoms with Gasteiger partial charge in [0.05, 0.1) is 11.3 Å². The minimum absolute atomic E-state index is 0. The lowest BCUT2D eigenvalue weighted by Gasteiger charge is -2.12. The fraction of sp³-hybridized carbons (Fsp3) is 0.636. The van der Waals surface area contributed by atoms with Crippen molar-refractivity contribution in [3.63, 3.8) is 0 Å². The predicted molar refractivity (Wildman–Crippen MR) is 70.7 cm³/mol. The molecule has 1 amide bonds. The van der Waals surface area contributed by atoms with E-state index in [2.05, 4.69) is 15.7 Å². The highest BCUT2D eigenvalue weighted by molar-refractivity contribution is 5.95. The van der Waals surface area contributed by atoms with Crippen LogP contribution in [0.25, 0.3) is 0 Å². The van der Waals surface area contributed by atoms with Crippen molar-refractivity contribution in [1.29, 1.82) is 0 Å². The van der Waals surface area contributed by atoms with Crippen LogP contribution in [-0.4, -0.2) is 34.8 Å². The molecule has 1 rings (SSSR count). The van der Waals surface area contributed by atoms with Crippen LogP contribution in [0.3, 0.4) is 0 Å². The second-order valence-corrected chi connectivity index (χ2v) is 3.97. The molecule has 98 valence electrons. The zero-order valence-corrected chi connectivity index (χ0v) is 11.6. The van der Waals surface area contributed by atoms with Crippen LogP contribution in [0.4, 0.5) is 0 Å². The summed E-state index contributed by atoms with van der Waals surface area (Å²) in [5, 5.41) is 10.3. The maximum absolute atomic E-state index is 11.8. The Balaban J connectivity index is 0.00000256. The maximum atomic E-state index is 11.8. The Kier molecular flexibility index (Phi) is 6.83. The molecule has 0 aliphatic carbocycles. The molecule has 1 heterocycles. The van der Waals surface area contributed by atoms with E-state index in [1.54, 1.807) is 10.9 Å². The molecule has 0 aromatic carbocycles. The molecule has 0 spiro atoms. The SMILES string of the molecule is CCN[C@H](C)CNC(=O)c1cn(C)nc1C.Cl. The monoisotopic (exact) mass is 260 g/mol. The number of carbonyl (C=O) groups is 1. The van der Waals surface area contributed by atoms with Crippen LogP contribution in [0.15, 0.2) is 6.20 Å². The van der Waals surface area contributed by atoms with E-state index in [1.807, 2.05) is 27.8 Å². The van der Waals surface area contributed by atoms with Crippen LogP contribution in [-0.2, 0) is 7.05 Å². The third-order valence-electron chi connectivity index (χ3n) is 2.38. The lowest BCUT2D eigenvalue weighted by molar-refractivity contribution is 0.0949. The lowest BCUT2D eigenvalue weighted by Crippen LogP contribution is -2.38. The summed E-state index contributed by atoms with van der Waals surface area (Å²) in [6.07, 6.45) is 1.74. The molecular formula is C11H21ClN4O. The Labute approximate surface area is 108 Å². The molecule has 2 N–H and O–H groups in total. The topological polar surface area (TPSA) is 58.9 Å². The van der Waals surface area contributed by atoms with E-state index in [1.165, 1.54) is 0 Å². The Bertz CT molecular complexity index is 364. The number of carbonyl (C=O) groups excluding carboxylic acids is 1. The molecule has 0 fully saturated rings. The Morgan fingerprint density at radius 1 is 1.59 bits per heavy atom. The number of nitrogens with one attached hydrogen (secondary N) is 2. The first-order valence-corrected chi connectivity index (χ1v) is 5.56. The van der Waals surface area contributed by atoms with Crippen LogP contribution in [0.1, 0.15) is 29.9 Å². The Hall–Kier alpha value is -1.07. The molecule has 0 radical (unpaired) electrons. The van der Waals surface area contributed by atoms with E-state index in [0.29, 0.717) is 12.1 Å². The molecule has 1 aromatic rings. The Morgan fingerprint density at radius 3 is 2.71 bits per heavy atom. The van der Waals surface area contributed by atoms with Gasteiger partial charge in [0.1, 0.15) is 0 Å². The second-order valence-electron chi connectivity index (χ2n) is 3.97. The quantitative estimate of drug-likeness (QED) is 0.826. The van der Waals surface area contributed by atoms with Gasteiger partial charge in [0, 0.05) is 25.8 Å². The largest absolute Gasteiger partial charge is 0.350 e. The fourth-order valence-corrected chi connectivity index (χ4v) is 1.58. The van der Waals surface area contributed by atoms with E-state index in [-0.39, 0.29) is 24.4 Å². The molecular weight excluding hydrogens is 240 g/mol. The highest BCUT2D eigenvalue weighted by Gasteiger charge is 2.12. The molecule has 1 atom stereocenters. The fourth-order valence-electron chi connectivity index (χ4n) is 1.58. The van der Waals surface area contributed by atoms with Crippen molar-refractivity contribution in [1.82, 2.24) is 20.4 Å². The second kappa shape index (κ2) is 7.29. The molecule has 0 aliphatic heterocycles. The van der Waals surface area contributed by atoms with E-state index >= 15 is 0 Å². The maximum Gasteiger partial charge on any atom is 0.254 e. The van der Waals surface area contributed by atoms with Gasteiger partial charge >= 0.3 is 0 Å². The number of aromatic nitrogens is 2. The summed E-state index contributed by atoms with van der Waals surface area (Å²) >= 11 is 0. The zero-order chi connectivity index (χ0) is 12.1. The standard InChI is InChI=1S/C11H20N4O.ClH/c1-5-12-8(2)6-13-11(16)10-7-15(4)14-9(10)3;/h7-8,12H,5-6H2,1-4H3,(H,13,16);1H/t8-;/m1./s1. The molecule has 0 unspecified atom stereocenters. The van der Waals surface area contributed by atoms with Gasteiger partial charge in [-0.3, -0.25) is 9.48 Å². The first-order chi connectivity index (χ1) is 7.54. The van der Waals surface area contributed by atoms with Crippen molar-refractivity contribution in [2.75, 3.05) is 13.1 Å². The van der Waals surface area contributed by atoms with Gasteiger partial charge < -0.3 is 10.6 Å². The number of rotatable bonds is 5. The number of hydrogen-bond donors (Lipinski definition) is 2. The number of likely N-dealkylation sites (N-methyl/N-ethyl adjacent to an activating group) is 1. The van der Waals surface area contributed by atoms with Gasteiger partial charge in [-0.05, 0) is 20.4 Å². The summed E-state index contributed by atoms with van der Waals surface area (Å²) in [5.74, 6) is -0.0599. The summed E-state index contributed by atoms with van der Waals surface area (Å²) in [7, 11) is 1.81. The van der Waals surface area contributed by atoms with Gasteiger partial charge in [-0.25, -0.2) is 0 Å². The molecule has 1 aromatic heterocycles. The molecule has 0 saturated carbocycles.